The zero-order valence-corrected chi connectivity index (χ0v) is 15.8. The standard InChI is InChI=1S/C19H24N6O3/c1-2-20-19(27)23-15-6-7-17(22-13-15)28-14-18(26)25-11-9-24(10-12-25)16-5-3-4-8-21-16/h3-8,13H,2,9-12,14H2,1H3,(H2,20,23,27). The Kier molecular flexibility index (Phi) is 6.61. The van der Waals surface area contributed by atoms with E-state index >= 15 is 0 Å². The molecule has 2 aromatic rings. The SMILES string of the molecule is CCNC(=O)Nc1ccc(OCC(=O)N2CCN(c3ccccn3)CC2)nc1. The lowest BCUT2D eigenvalue weighted by Crippen LogP contribution is -2.50. The molecular formula is C19H24N6O3. The summed E-state index contributed by atoms with van der Waals surface area (Å²) < 4.78 is 5.48. The maximum Gasteiger partial charge on any atom is 0.319 e. The number of aromatic nitrogens is 2. The highest BCUT2D eigenvalue weighted by Gasteiger charge is 2.22. The number of hydrogen-bond donors (Lipinski definition) is 2. The van der Waals surface area contributed by atoms with E-state index in [-0.39, 0.29) is 18.5 Å². The third-order valence-corrected chi connectivity index (χ3v) is 4.28. The van der Waals surface area contributed by atoms with E-state index in [9.17, 15) is 9.59 Å². The molecule has 3 rings (SSSR count). The molecule has 28 heavy (non-hydrogen) atoms. The first-order valence-corrected chi connectivity index (χ1v) is 9.23. The minimum absolute atomic E-state index is 0.0698. The summed E-state index contributed by atoms with van der Waals surface area (Å²) in [5.74, 6) is 1.19. The van der Waals surface area contributed by atoms with Crippen LogP contribution >= 0.6 is 0 Å². The van der Waals surface area contributed by atoms with Crippen molar-refractivity contribution in [1.82, 2.24) is 20.2 Å². The molecule has 0 spiro atoms. The van der Waals surface area contributed by atoms with Crippen LogP contribution in [0.3, 0.4) is 0 Å². The summed E-state index contributed by atoms with van der Waals surface area (Å²) in [5.41, 5.74) is 0.551. The molecule has 0 aromatic carbocycles. The molecule has 2 aromatic heterocycles. The summed E-state index contributed by atoms with van der Waals surface area (Å²) in [6.45, 7) is 5.04. The largest absolute Gasteiger partial charge is 0.468 e. The van der Waals surface area contributed by atoms with Crippen LogP contribution in [0.5, 0.6) is 5.88 Å². The van der Waals surface area contributed by atoms with E-state index in [0.717, 1.165) is 18.9 Å². The minimum Gasteiger partial charge on any atom is -0.468 e. The monoisotopic (exact) mass is 384 g/mol. The van der Waals surface area contributed by atoms with E-state index in [4.69, 9.17) is 4.74 Å². The Balaban J connectivity index is 1.42. The molecule has 9 heteroatoms. The number of piperazine rings is 1. The van der Waals surface area contributed by atoms with E-state index in [0.29, 0.717) is 31.2 Å². The van der Waals surface area contributed by atoms with Crippen molar-refractivity contribution in [1.29, 1.82) is 0 Å². The number of nitrogens with zero attached hydrogens (tertiary/aromatic N) is 4. The van der Waals surface area contributed by atoms with Gasteiger partial charge < -0.3 is 25.2 Å². The lowest BCUT2D eigenvalue weighted by molar-refractivity contribution is -0.133. The van der Waals surface area contributed by atoms with Crippen LogP contribution in [0.25, 0.3) is 0 Å². The average molecular weight is 384 g/mol. The van der Waals surface area contributed by atoms with Crippen LogP contribution in [0.1, 0.15) is 6.92 Å². The minimum atomic E-state index is -0.294. The van der Waals surface area contributed by atoms with Gasteiger partial charge in [-0.25, -0.2) is 14.8 Å². The van der Waals surface area contributed by atoms with Crippen LogP contribution in [0.4, 0.5) is 16.3 Å². The molecule has 3 amide bonds. The highest BCUT2D eigenvalue weighted by atomic mass is 16.5. The molecule has 1 saturated heterocycles. The van der Waals surface area contributed by atoms with Crippen molar-refractivity contribution in [2.45, 2.75) is 6.92 Å². The zero-order chi connectivity index (χ0) is 19.8. The van der Waals surface area contributed by atoms with Gasteiger partial charge in [-0.15, -0.1) is 0 Å². The molecule has 2 N–H and O–H groups in total. The third-order valence-electron chi connectivity index (χ3n) is 4.28. The van der Waals surface area contributed by atoms with Gasteiger partial charge in [-0.2, -0.15) is 0 Å². The Morgan fingerprint density at radius 1 is 1.11 bits per heavy atom. The predicted octanol–water partition coefficient (Wildman–Crippen LogP) is 1.35. The quantitative estimate of drug-likeness (QED) is 0.780. The van der Waals surface area contributed by atoms with Crippen molar-refractivity contribution >= 4 is 23.4 Å². The van der Waals surface area contributed by atoms with Gasteiger partial charge in [-0.3, -0.25) is 4.79 Å². The Bertz CT molecular complexity index is 776. The van der Waals surface area contributed by atoms with E-state index in [2.05, 4.69) is 25.5 Å². The van der Waals surface area contributed by atoms with Gasteiger partial charge in [0.15, 0.2) is 6.61 Å². The summed E-state index contributed by atoms with van der Waals surface area (Å²) in [6, 6.07) is 8.81. The van der Waals surface area contributed by atoms with Gasteiger partial charge in [-0.05, 0) is 25.1 Å². The molecule has 0 radical (unpaired) electrons. The van der Waals surface area contributed by atoms with Gasteiger partial charge in [0.1, 0.15) is 5.82 Å². The molecular weight excluding hydrogens is 360 g/mol. The molecule has 0 bridgehead atoms. The number of pyridine rings is 2. The normalized spacial score (nSPS) is 13.8. The predicted molar refractivity (Wildman–Crippen MR) is 105 cm³/mol. The Hall–Kier alpha value is -3.36. The second-order valence-electron chi connectivity index (χ2n) is 6.21. The fourth-order valence-electron chi connectivity index (χ4n) is 2.83. The number of amides is 3. The number of rotatable bonds is 6. The van der Waals surface area contributed by atoms with Gasteiger partial charge in [0.05, 0.1) is 11.9 Å². The van der Waals surface area contributed by atoms with Crippen LogP contribution in [0.15, 0.2) is 42.7 Å². The molecule has 1 aliphatic rings. The van der Waals surface area contributed by atoms with Crippen LogP contribution in [0.2, 0.25) is 0 Å². The van der Waals surface area contributed by atoms with Crippen LogP contribution in [-0.2, 0) is 4.79 Å². The number of hydrogen-bond acceptors (Lipinski definition) is 6. The number of urea groups is 1. The molecule has 1 fully saturated rings. The van der Waals surface area contributed by atoms with E-state index in [1.807, 2.05) is 25.1 Å². The van der Waals surface area contributed by atoms with Gasteiger partial charge in [0.25, 0.3) is 5.91 Å². The molecule has 9 nitrogen and oxygen atoms in total. The second-order valence-corrected chi connectivity index (χ2v) is 6.21. The number of ether oxygens (including phenoxy) is 1. The summed E-state index contributed by atoms with van der Waals surface area (Å²) in [7, 11) is 0. The van der Waals surface area contributed by atoms with Crippen molar-refractivity contribution in [3.8, 4) is 5.88 Å². The van der Waals surface area contributed by atoms with Crippen LogP contribution in [0, 0.1) is 0 Å². The Morgan fingerprint density at radius 2 is 1.93 bits per heavy atom. The first-order valence-electron chi connectivity index (χ1n) is 9.23. The maximum absolute atomic E-state index is 12.4. The van der Waals surface area contributed by atoms with Crippen LogP contribution in [-0.4, -0.2) is 66.1 Å². The smallest absolute Gasteiger partial charge is 0.319 e. The van der Waals surface area contributed by atoms with E-state index < -0.39 is 0 Å². The fraction of sp³-hybridized carbons (Fsp3) is 0.368. The lowest BCUT2D eigenvalue weighted by Gasteiger charge is -2.35. The number of anilines is 2. The summed E-state index contributed by atoms with van der Waals surface area (Å²) >= 11 is 0. The Labute approximate surface area is 163 Å². The summed E-state index contributed by atoms with van der Waals surface area (Å²) in [4.78, 5) is 36.2. The first kappa shape index (κ1) is 19.4. The third kappa shape index (κ3) is 5.32. The molecule has 3 heterocycles. The number of carbonyl (C=O) groups is 2. The van der Waals surface area contributed by atoms with E-state index in [1.165, 1.54) is 6.20 Å². The van der Waals surface area contributed by atoms with Crippen molar-refractivity contribution in [2.24, 2.45) is 0 Å². The van der Waals surface area contributed by atoms with Gasteiger partial charge in [-0.1, -0.05) is 6.07 Å². The highest BCUT2D eigenvalue weighted by Crippen LogP contribution is 2.14. The molecule has 0 aliphatic carbocycles. The topological polar surface area (TPSA) is 99.7 Å². The molecule has 0 unspecified atom stereocenters. The van der Waals surface area contributed by atoms with Crippen LogP contribution < -0.4 is 20.3 Å². The maximum atomic E-state index is 12.4. The molecule has 0 atom stereocenters. The molecule has 0 saturated carbocycles. The van der Waals surface area contributed by atoms with Gasteiger partial charge >= 0.3 is 6.03 Å². The average Bonchev–Trinajstić information content (AvgIpc) is 2.74. The fourth-order valence-corrected chi connectivity index (χ4v) is 2.83. The van der Waals surface area contributed by atoms with Gasteiger partial charge in [0, 0.05) is 45.0 Å². The van der Waals surface area contributed by atoms with Crippen molar-refractivity contribution < 1.29 is 14.3 Å². The van der Waals surface area contributed by atoms with Crippen molar-refractivity contribution in [3.63, 3.8) is 0 Å². The lowest BCUT2D eigenvalue weighted by atomic mass is 10.3. The van der Waals surface area contributed by atoms with E-state index in [1.54, 1.807) is 23.2 Å². The first-order chi connectivity index (χ1) is 13.7. The summed E-state index contributed by atoms with van der Waals surface area (Å²) in [5, 5.41) is 5.28. The Morgan fingerprint density at radius 3 is 2.57 bits per heavy atom. The van der Waals surface area contributed by atoms with Crippen molar-refractivity contribution in [2.75, 3.05) is 49.5 Å². The number of nitrogens with one attached hydrogen (secondary N) is 2. The zero-order valence-electron chi connectivity index (χ0n) is 15.8. The number of carbonyl (C=O) groups excluding carboxylic acids is 2. The highest BCUT2D eigenvalue weighted by molar-refractivity contribution is 5.88. The molecule has 148 valence electrons. The van der Waals surface area contributed by atoms with Crippen molar-refractivity contribution in [3.05, 3.63) is 42.7 Å². The summed E-state index contributed by atoms with van der Waals surface area (Å²) in [6.07, 6.45) is 3.26. The second kappa shape index (κ2) is 9.54. The van der Waals surface area contributed by atoms with Gasteiger partial charge in [0.2, 0.25) is 5.88 Å². The molecule has 1 aliphatic heterocycles.